The third-order valence-corrected chi connectivity index (χ3v) is 4.53. The molecule has 0 saturated carbocycles. The maximum absolute atomic E-state index is 13.6. The zero-order chi connectivity index (χ0) is 15.6. The molecular formula is C13H9BrFN3O2S. The number of hydrogen-bond acceptors (Lipinski definition) is 4. The van der Waals surface area contributed by atoms with Crippen molar-refractivity contribution < 1.29 is 12.8 Å². The van der Waals surface area contributed by atoms with Gasteiger partial charge in [-0.2, -0.15) is 5.26 Å². The lowest BCUT2D eigenvalue weighted by Crippen LogP contribution is -2.15. The molecule has 3 N–H and O–H groups in total. The summed E-state index contributed by atoms with van der Waals surface area (Å²) in [4.78, 5) is -0.221. The first-order valence-corrected chi connectivity index (χ1v) is 7.88. The Hall–Kier alpha value is -2.11. The molecule has 0 aliphatic rings. The number of hydrogen-bond donors (Lipinski definition) is 2. The zero-order valence-corrected chi connectivity index (χ0v) is 12.9. The number of anilines is 2. The van der Waals surface area contributed by atoms with E-state index >= 15 is 0 Å². The first kappa shape index (κ1) is 15.3. The van der Waals surface area contributed by atoms with E-state index in [0.717, 1.165) is 6.07 Å². The molecule has 0 spiro atoms. The normalized spacial score (nSPS) is 10.9. The topological polar surface area (TPSA) is 96.0 Å². The van der Waals surface area contributed by atoms with Gasteiger partial charge in [-0.3, -0.25) is 4.72 Å². The zero-order valence-electron chi connectivity index (χ0n) is 10.5. The van der Waals surface area contributed by atoms with E-state index in [4.69, 9.17) is 11.0 Å². The molecule has 0 aromatic heterocycles. The summed E-state index contributed by atoms with van der Waals surface area (Å²) in [6.45, 7) is 0. The summed E-state index contributed by atoms with van der Waals surface area (Å²) in [5.74, 6) is -0.714. The van der Waals surface area contributed by atoms with Gasteiger partial charge in [0, 0.05) is 4.47 Å². The van der Waals surface area contributed by atoms with E-state index in [-0.39, 0.29) is 21.8 Å². The van der Waals surface area contributed by atoms with E-state index in [2.05, 4.69) is 20.7 Å². The fourth-order valence-corrected chi connectivity index (χ4v) is 3.17. The summed E-state index contributed by atoms with van der Waals surface area (Å²) in [6.07, 6.45) is 0. The van der Waals surface area contributed by atoms with Crippen LogP contribution < -0.4 is 10.5 Å². The van der Waals surface area contributed by atoms with Crippen LogP contribution in [0.2, 0.25) is 0 Å². The van der Waals surface area contributed by atoms with Crippen molar-refractivity contribution >= 4 is 37.3 Å². The lowest BCUT2D eigenvalue weighted by atomic mass is 10.2. The van der Waals surface area contributed by atoms with Gasteiger partial charge < -0.3 is 5.73 Å². The van der Waals surface area contributed by atoms with Gasteiger partial charge in [0.15, 0.2) is 0 Å². The second-order valence-corrected chi connectivity index (χ2v) is 6.66. The van der Waals surface area contributed by atoms with Crippen molar-refractivity contribution in [2.24, 2.45) is 0 Å². The van der Waals surface area contributed by atoms with Crippen molar-refractivity contribution in [3.63, 3.8) is 0 Å². The fraction of sp³-hybridized carbons (Fsp3) is 0. The van der Waals surface area contributed by atoms with Crippen LogP contribution in [0.1, 0.15) is 5.56 Å². The van der Waals surface area contributed by atoms with E-state index < -0.39 is 15.8 Å². The summed E-state index contributed by atoms with van der Waals surface area (Å²) in [5.41, 5.74) is 5.58. The van der Waals surface area contributed by atoms with E-state index in [0.29, 0.717) is 4.47 Å². The Bertz CT molecular complexity index is 847. The van der Waals surface area contributed by atoms with Crippen LogP contribution in [0.15, 0.2) is 45.8 Å². The number of benzene rings is 2. The molecule has 0 bridgehead atoms. The van der Waals surface area contributed by atoms with Gasteiger partial charge in [-0.1, -0.05) is 15.9 Å². The quantitative estimate of drug-likeness (QED) is 0.812. The lowest BCUT2D eigenvalue weighted by Gasteiger charge is -2.11. The Kier molecular flexibility index (Phi) is 4.16. The molecule has 0 unspecified atom stereocenters. The van der Waals surface area contributed by atoms with Gasteiger partial charge in [0.05, 0.1) is 23.0 Å². The molecule has 21 heavy (non-hydrogen) atoms. The number of nitrogens with two attached hydrogens (primary N) is 1. The average Bonchev–Trinajstić information content (AvgIpc) is 2.42. The van der Waals surface area contributed by atoms with Crippen molar-refractivity contribution in [3.8, 4) is 6.07 Å². The maximum Gasteiger partial charge on any atom is 0.264 e. The molecule has 0 heterocycles. The summed E-state index contributed by atoms with van der Waals surface area (Å²) in [5, 5.41) is 8.73. The molecule has 0 saturated heterocycles. The largest absolute Gasteiger partial charge is 0.398 e. The average molecular weight is 370 g/mol. The van der Waals surface area contributed by atoms with Crippen LogP contribution in [0.5, 0.6) is 0 Å². The Balaban J connectivity index is 2.44. The van der Waals surface area contributed by atoms with Crippen molar-refractivity contribution in [1.29, 1.82) is 5.26 Å². The Morgan fingerprint density at radius 2 is 1.95 bits per heavy atom. The molecule has 5 nitrogen and oxygen atoms in total. The Labute approximate surface area is 129 Å². The van der Waals surface area contributed by atoms with Gasteiger partial charge in [-0.15, -0.1) is 0 Å². The monoisotopic (exact) mass is 369 g/mol. The van der Waals surface area contributed by atoms with Crippen LogP contribution in [0, 0.1) is 17.1 Å². The van der Waals surface area contributed by atoms with Gasteiger partial charge in [0.1, 0.15) is 10.7 Å². The molecule has 0 fully saturated rings. The molecule has 2 rings (SSSR count). The van der Waals surface area contributed by atoms with E-state index in [1.807, 2.05) is 6.07 Å². The van der Waals surface area contributed by atoms with Crippen LogP contribution in [0.4, 0.5) is 15.8 Å². The highest BCUT2D eigenvalue weighted by Crippen LogP contribution is 2.26. The van der Waals surface area contributed by atoms with Crippen LogP contribution >= 0.6 is 15.9 Å². The van der Waals surface area contributed by atoms with Gasteiger partial charge in [-0.25, -0.2) is 12.8 Å². The van der Waals surface area contributed by atoms with Crippen molar-refractivity contribution in [2.45, 2.75) is 4.90 Å². The van der Waals surface area contributed by atoms with E-state index in [1.54, 1.807) is 0 Å². The van der Waals surface area contributed by atoms with Crippen LogP contribution in [-0.4, -0.2) is 8.42 Å². The van der Waals surface area contributed by atoms with Gasteiger partial charge in [-0.05, 0) is 36.4 Å². The van der Waals surface area contributed by atoms with Crippen molar-refractivity contribution in [2.75, 3.05) is 10.5 Å². The number of rotatable bonds is 3. The minimum absolute atomic E-state index is 0.0862. The second-order valence-electron chi connectivity index (χ2n) is 4.09. The summed E-state index contributed by atoms with van der Waals surface area (Å²) < 4.78 is 40.7. The molecule has 2 aromatic carbocycles. The second kappa shape index (κ2) is 5.71. The molecule has 2 aromatic rings. The number of sulfonamides is 1. The molecule has 8 heteroatoms. The highest BCUT2D eigenvalue weighted by atomic mass is 79.9. The lowest BCUT2D eigenvalue weighted by molar-refractivity contribution is 0.599. The number of nitriles is 1. The van der Waals surface area contributed by atoms with Crippen molar-refractivity contribution in [3.05, 3.63) is 52.3 Å². The summed E-state index contributed by atoms with van der Waals surface area (Å²) in [6, 6.07) is 9.49. The minimum atomic E-state index is -4.05. The highest BCUT2D eigenvalue weighted by molar-refractivity contribution is 9.10. The molecule has 108 valence electrons. The summed E-state index contributed by atoms with van der Waals surface area (Å²) >= 11 is 3.13. The van der Waals surface area contributed by atoms with E-state index in [9.17, 15) is 12.8 Å². The fourth-order valence-electron chi connectivity index (χ4n) is 1.64. The highest BCUT2D eigenvalue weighted by Gasteiger charge is 2.19. The third kappa shape index (κ3) is 3.32. The number of halogens is 2. The first-order valence-electron chi connectivity index (χ1n) is 5.61. The van der Waals surface area contributed by atoms with Gasteiger partial charge in [0.25, 0.3) is 10.0 Å². The van der Waals surface area contributed by atoms with Crippen LogP contribution in [0.25, 0.3) is 0 Å². The van der Waals surface area contributed by atoms with Crippen LogP contribution in [0.3, 0.4) is 0 Å². The Morgan fingerprint density at radius 3 is 2.57 bits per heavy atom. The van der Waals surface area contributed by atoms with Crippen molar-refractivity contribution in [1.82, 2.24) is 0 Å². The molecule has 0 aliphatic heterocycles. The number of nitrogens with zero attached hydrogens (tertiary/aromatic N) is 1. The molecule has 0 radical (unpaired) electrons. The van der Waals surface area contributed by atoms with Crippen LogP contribution in [-0.2, 0) is 10.0 Å². The summed E-state index contributed by atoms with van der Waals surface area (Å²) in [7, 11) is -4.05. The third-order valence-electron chi connectivity index (χ3n) is 2.60. The smallest absolute Gasteiger partial charge is 0.264 e. The SMILES string of the molecule is N#Cc1ccc(S(=O)(=O)Nc2cc(Br)ccc2F)c(N)c1. The predicted octanol–water partition coefficient (Wildman–Crippen LogP) is 2.84. The first-order chi connectivity index (χ1) is 9.83. The van der Waals surface area contributed by atoms with Gasteiger partial charge in [0.2, 0.25) is 0 Å². The van der Waals surface area contributed by atoms with E-state index in [1.165, 1.54) is 30.3 Å². The molecule has 0 aliphatic carbocycles. The predicted molar refractivity (Wildman–Crippen MR) is 80.5 cm³/mol. The maximum atomic E-state index is 13.6. The standard InChI is InChI=1S/C13H9BrFN3O2S/c14-9-2-3-10(15)12(6-9)18-21(19,20)13-4-1-8(7-16)5-11(13)17/h1-6,18H,17H2. The molecule has 0 atom stereocenters. The molecule has 0 amide bonds. The minimum Gasteiger partial charge on any atom is -0.398 e. The Morgan fingerprint density at radius 1 is 1.24 bits per heavy atom. The number of nitrogen functional groups attached to an aromatic ring is 1. The van der Waals surface area contributed by atoms with Gasteiger partial charge >= 0.3 is 0 Å². The molecular weight excluding hydrogens is 361 g/mol. The number of nitrogens with one attached hydrogen (secondary N) is 1.